The third kappa shape index (κ3) is 1.91. The van der Waals surface area contributed by atoms with Crippen molar-refractivity contribution in [3.63, 3.8) is 0 Å². The van der Waals surface area contributed by atoms with E-state index in [0.717, 1.165) is 33.2 Å². The van der Waals surface area contributed by atoms with Crippen molar-refractivity contribution >= 4 is 21.9 Å². The van der Waals surface area contributed by atoms with E-state index in [-0.39, 0.29) is 0 Å². The van der Waals surface area contributed by atoms with Crippen LogP contribution in [0.1, 0.15) is 11.1 Å². The zero-order chi connectivity index (χ0) is 14.4. The van der Waals surface area contributed by atoms with Crippen molar-refractivity contribution in [1.82, 2.24) is 4.98 Å². The molecule has 2 heterocycles. The molecule has 2 heteroatoms. The number of aromatic nitrogens is 1. The quantitative estimate of drug-likeness (QED) is 0.472. The second-order valence-corrected chi connectivity index (χ2v) is 5.50. The Morgan fingerprint density at radius 2 is 1.71 bits per heavy atom. The van der Waals surface area contributed by atoms with Crippen molar-refractivity contribution in [3.05, 3.63) is 65.9 Å². The lowest BCUT2D eigenvalue weighted by atomic mass is 10.0. The highest BCUT2D eigenvalue weighted by Crippen LogP contribution is 2.35. The number of benzene rings is 2. The monoisotopic (exact) mass is 273 g/mol. The minimum Gasteiger partial charge on any atom is -0.455 e. The van der Waals surface area contributed by atoms with Crippen molar-refractivity contribution in [3.8, 4) is 11.3 Å². The molecule has 0 aliphatic heterocycles. The number of fused-ring (bicyclic) bond motifs is 3. The molecule has 4 rings (SSSR count). The van der Waals surface area contributed by atoms with Crippen molar-refractivity contribution in [2.75, 3.05) is 0 Å². The van der Waals surface area contributed by atoms with E-state index in [0.29, 0.717) is 0 Å². The predicted octanol–water partition coefficient (Wildman–Crippen LogP) is 5.26. The molecule has 0 spiro atoms. The van der Waals surface area contributed by atoms with Crippen LogP contribution in [0.3, 0.4) is 0 Å². The average molecular weight is 273 g/mol. The summed E-state index contributed by atoms with van der Waals surface area (Å²) in [5, 5.41) is 2.30. The summed E-state index contributed by atoms with van der Waals surface area (Å²) >= 11 is 0. The zero-order valence-corrected chi connectivity index (χ0v) is 12.1. The third-order valence-corrected chi connectivity index (χ3v) is 3.85. The topological polar surface area (TPSA) is 26.0 Å². The van der Waals surface area contributed by atoms with Gasteiger partial charge in [0.15, 0.2) is 0 Å². The number of pyridine rings is 1. The molecule has 102 valence electrons. The molecule has 0 N–H and O–H groups in total. The van der Waals surface area contributed by atoms with E-state index in [2.05, 4.69) is 61.3 Å². The van der Waals surface area contributed by atoms with E-state index in [1.54, 1.807) is 0 Å². The fourth-order valence-electron chi connectivity index (χ4n) is 2.79. The molecule has 0 unspecified atom stereocenters. The maximum atomic E-state index is 6.12. The molecule has 21 heavy (non-hydrogen) atoms. The van der Waals surface area contributed by atoms with Crippen LogP contribution in [0.25, 0.3) is 33.2 Å². The van der Waals surface area contributed by atoms with Crippen molar-refractivity contribution in [2.24, 2.45) is 0 Å². The Morgan fingerprint density at radius 1 is 0.857 bits per heavy atom. The highest BCUT2D eigenvalue weighted by molar-refractivity contribution is 6.09. The predicted molar refractivity (Wildman–Crippen MR) is 86.4 cm³/mol. The van der Waals surface area contributed by atoms with Gasteiger partial charge in [-0.25, -0.2) is 0 Å². The first-order valence-corrected chi connectivity index (χ1v) is 7.07. The Morgan fingerprint density at radius 3 is 2.57 bits per heavy atom. The zero-order valence-electron chi connectivity index (χ0n) is 12.1. The fourth-order valence-corrected chi connectivity index (χ4v) is 2.79. The molecule has 2 aromatic carbocycles. The molecule has 0 aliphatic rings. The summed E-state index contributed by atoms with van der Waals surface area (Å²) in [6.45, 7) is 4.16. The number of hydrogen-bond donors (Lipinski definition) is 0. The summed E-state index contributed by atoms with van der Waals surface area (Å²) in [5.41, 5.74) is 6.25. The molecule has 0 saturated carbocycles. The molecule has 0 bridgehead atoms. The number of hydrogen-bond acceptors (Lipinski definition) is 2. The Bertz CT molecular complexity index is 966. The van der Waals surface area contributed by atoms with Gasteiger partial charge < -0.3 is 4.42 Å². The van der Waals surface area contributed by atoms with Crippen LogP contribution in [-0.2, 0) is 0 Å². The standard InChI is InChI=1S/C19H15NO/c1-12-6-7-14-15-4-3-5-16(19(15)21-18(14)11-12)17-10-13(2)8-9-20-17/h3-11H,1-2H3. The summed E-state index contributed by atoms with van der Waals surface area (Å²) in [5.74, 6) is 0. The average Bonchev–Trinajstić information content (AvgIpc) is 2.84. The van der Waals surface area contributed by atoms with E-state index in [1.165, 1.54) is 11.1 Å². The first-order chi connectivity index (χ1) is 10.2. The Balaban J connectivity index is 2.08. The van der Waals surface area contributed by atoms with E-state index < -0.39 is 0 Å². The number of furan rings is 1. The molecule has 4 aromatic rings. The van der Waals surface area contributed by atoms with Gasteiger partial charge in [-0.2, -0.15) is 0 Å². The van der Waals surface area contributed by atoms with Crippen LogP contribution in [0, 0.1) is 13.8 Å². The molecular formula is C19H15NO. The van der Waals surface area contributed by atoms with Crippen LogP contribution in [-0.4, -0.2) is 4.98 Å². The van der Waals surface area contributed by atoms with Crippen molar-refractivity contribution in [1.29, 1.82) is 0 Å². The van der Waals surface area contributed by atoms with Gasteiger partial charge in [-0.15, -0.1) is 0 Å². The summed E-state index contributed by atoms with van der Waals surface area (Å²) in [7, 11) is 0. The Hall–Kier alpha value is -2.61. The van der Waals surface area contributed by atoms with Gasteiger partial charge in [0.25, 0.3) is 0 Å². The van der Waals surface area contributed by atoms with Gasteiger partial charge in [-0.05, 0) is 49.2 Å². The first-order valence-electron chi connectivity index (χ1n) is 7.07. The molecule has 0 amide bonds. The molecule has 2 nitrogen and oxygen atoms in total. The molecule has 0 atom stereocenters. The van der Waals surface area contributed by atoms with Crippen molar-refractivity contribution < 1.29 is 4.42 Å². The largest absolute Gasteiger partial charge is 0.455 e. The van der Waals surface area contributed by atoms with Gasteiger partial charge in [-0.1, -0.05) is 24.3 Å². The van der Waals surface area contributed by atoms with Gasteiger partial charge in [0.2, 0.25) is 0 Å². The van der Waals surface area contributed by atoms with Crippen LogP contribution < -0.4 is 0 Å². The van der Waals surface area contributed by atoms with Gasteiger partial charge in [0, 0.05) is 22.5 Å². The minimum absolute atomic E-state index is 0.913. The SMILES string of the molecule is Cc1ccnc(-c2cccc3c2oc2cc(C)ccc23)c1. The number of para-hydroxylation sites is 1. The summed E-state index contributed by atoms with van der Waals surface area (Å²) in [4.78, 5) is 4.49. The fraction of sp³-hybridized carbons (Fsp3) is 0.105. The highest BCUT2D eigenvalue weighted by Gasteiger charge is 2.12. The second-order valence-electron chi connectivity index (χ2n) is 5.50. The van der Waals surface area contributed by atoms with Crippen molar-refractivity contribution in [2.45, 2.75) is 13.8 Å². The number of aryl methyl sites for hydroxylation is 2. The maximum absolute atomic E-state index is 6.12. The molecule has 0 aliphatic carbocycles. The minimum atomic E-state index is 0.913. The molecule has 0 radical (unpaired) electrons. The lowest BCUT2D eigenvalue weighted by Gasteiger charge is -2.02. The summed E-state index contributed by atoms with van der Waals surface area (Å²) in [6.07, 6.45) is 1.84. The summed E-state index contributed by atoms with van der Waals surface area (Å²) < 4.78 is 6.12. The van der Waals surface area contributed by atoms with Crippen LogP contribution in [0.5, 0.6) is 0 Å². The van der Waals surface area contributed by atoms with Gasteiger partial charge >= 0.3 is 0 Å². The van der Waals surface area contributed by atoms with Gasteiger partial charge in [-0.3, -0.25) is 4.98 Å². The maximum Gasteiger partial charge on any atom is 0.144 e. The van der Waals surface area contributed by atoms with Crippen LogP contribution in [0.15, 0.2) is 59.1 Å². The first kappa shape index (κ1) is 12.2. The van der Waals surface area contributed by atoms with Crippen LogP contribution in [0.2, 0.25) is 0 Å². The van der Waals surface area contributed by atoms with E-state index in [4.69, 9.17) is 4.42 Å². The highest BCUT2D eigenvalue weighted by atomic mass is 16.3. The lowest BCUT2D eigenvalue weighted by Crippen LogP contribution is -1.84. The molecule has 0 saturated heterocycles. The smallest absolute Gasteiger partial charge is 0.144 e. The molecular weight excluding hydrogens is 258 g/mol. The van der Waals surface area contributed by atoms with Gasteiger partial charge in [0.05, 0.1) is 5.69 Å². The number of rotatable bonds is 1. The lowest BCUT2D eigenvalue weighted by molar-refractivity contribution is 0.669. The normalized spacial score (nSPS) is 11.3. The summed E-state index contributed by atoms with van der Waals surface area (Å²) in [6, 6.07) is 16.7. The van der Waals surface area contributed by atoms with E-state index >= 15 is 0 Å². The Labute approximate surface area is 123 Å². The molecule has 0 fully saturated rings. The van der Waals surface area contributed by atoms with Gasteiger partial charge in [0.1, 0.15) is 11.2 Å². The second kappa shape index (κ2) is 4.45. The van der Waals surface area contributed by atoms with E-state index in [1.807, 2.05) is 12.3 Å². The third-order valence-electron chi connectivity index (χ3n) is 3.85. The molecule has 2 aromatic heterocycles. The van der Waals surface area contributed by atoms with Crippen LogP contribution >= 0.6 is 0 Å². The van der Waals surface area contributed by atoms with Crippen LogP contribution in [0.4, 0.5) is 0 Å². The Kier molecular flexibility index (Phi) is 2.58. The number of nitrogens with zero attached hydrogens (tertiary/aromatic N) is 1. The van der Waals surface area contributed by atoms with E-state index in [9.17, 15) is 0 Å².